The van der Waals surface area contributed by atoms with Gasteiger partial charge in [0.25, 0.3) is 5.91 Å². The maximum absolute atomic E-state index is 12.7. The number of fused-ring (bicyclic) bond motifs is 1. The summed E-state index contributed by atoms with van der Waals surface area (Å²) in [5.74, 6) is -0.156. The van der Waals surface area contributed by atoms with E-state index in [4.69, 9.17) is 62.6 Å². The fraction of sp³-hybridized carbons (Fsp3) is 0.150. The third-order valence-corrected chi connectivity index (χ3v) is 5.84. The predicted molar refractivity (Wildman–Crippen MR) is 126 cm³/mol. The van der Waals surface area contributed by atoms with Crippen molar-refractivity contribution in [2.24, 2.45) is 0 Å². The van der Waals surface area contributed by atoms with Crippen LogP contribution in [0.15, 0.2) is 36.4 Å². The molecule has 3 aromatic rings. The van der Waals surface area contributed by atoms with Crippen LogP contribution in [-0.2, 0) is 6.42 Å². The molecule has 4 N–H and O–H groups in total. The van der Waals surface area contributed by atoms with Gasteiger partial charge in [0.2, 0.25) is 0 Å². The van der Waals surface area contributed by atoms with E-state index in [2.05, 4.69) is 9.97 Å². The lowest BCUT2D eigenvalue weighted by Gasteiger charge is -2.28. The zero-order valence-corrected chi connectivity index (χ0v) is 19.2. The van der Waals surface area contributed by atoms with Crippen molar-refractivity contribution in [3.63, 3.8) is 0 Å². The molecule has 0 aliphatic carbocycles. The standard InChI is InChI=1S/C14H12Cl2N4O2.C6H5Cl2N/c1-22-14-18-10-4-5-20(13(21)11(10)12(17)19-14)7-2-3-8(15)9(16)6-7;7-5-2-1-4(9)3-6(5)8/h2-3,6H,4-5H2,1H3,(H2,17,18,19);1-3H,9H2. The van der Waals surface area contributed by atoms with Crippen LogP contribution in [0.1, 0.15) is 16.1 Å². The Kier molecular flexibility index (Phi) is 7.33. The summed E-state index contributed by atoms with van der Waals surface area (Å²) in [7, 11) is 1.45. The number of nitrogens with zero attached hydrogens (tertiary/aromatic N) is 3. The van der Waals surface area contributed by atoms with Crippen molar-refractivity contribution in [2.75, 3.05) is 30.0 Å². The molecule has 1 amide bonds. The average molecular weight is 501 g/mol. The van der Waals surface area contributed by atoms with Crippen LogP contribution in [0.5, 0.6) is 6.01 Å². The van der Waals surface area contributed by atoms with E-state index in [9.17, 15) is 4.79 Å². The van der Waals surface area contributed by atoms with Gasteiger partial charge in [-0.15, -0.1) is 0 Å². The number of hydrogen-bond donors (Lipinski definition) is 2. The Morgan fingerprint density at radius 3 is 2.16 bits per heavy atom. The number of aromatic nitrogens is 2. The molecule has 31 heavy (non-hydrogen) atoms. The number of anilines is 3. The normalized spacial score (nSPS) is 12.7. The lowest BCUT2D eigenvalue weighted by molar-refractivity contribution is 0.0980. The molecule has 0 saturated heterocycles. The van der Waals surface area contributed by atoms with Gasteiger partial charge >= 0.3 is 6.01 Å². The van der Waals surface area contributed by atoms with Crippen molar-refractivity contribution in [3.8, 4) is 6.01 Å². The van der Waals surface area contributed by atoms with Crippen LogP contribution in [0.2, 0.25) is 20.1 Å². The maximum Gasteiger partial charge on any atom is 0.318 e. The molecular formula is C20H17Cl4N5O2. The summed E-state index contributed by atoms with van der Waals surface area (Å²) in [6.07, 6.45) is 0.546. The molecule has 0 atom stereocenters. The first-order valence-electron chi connectivity index (χ1n) is 8.89. The summed E-state index contributed by atoms with van der Waals surface area (Å²) in [6.45, 7) is 0.462. The van der Waals surface area contributed by atoms with E-state index in [0.717, 1.165) is 0 Å². The third kappa shape index (κ3) is 5.25. The number of carbonyl (C=O) groups excluding carboxylic acids is 1. The number of carbonyl (C=O) groups is 1. The monoisotopic (exact) mass is 499 g/mol. The van der Waals surface area contributed by atoms with Gasteiger partial charge in [-0.05, 0) is 36.4 Å². The van der Waals surface area contributed by atoms with Gasteiger partial charge in [-0.1, -0.05) is 46.4 Å². The Labute approximate surface area is 198 Å². The lowest BCUT2D eigenvalue weighted by Crippen LogP contribution is -2.39. The van der Waals surface area contributed by atoms with Crippen molar-refractivity contribution in [1.29, 1.82) is 0 Å². The fourth-order valence-electron chi connectivity index (χ4n) is 2.87. The molecule has 0 fully saturated rings. The van der Waals surface area contributed by atoms with Crippen molar-refractivity contribution in [1.82, 2.24) is 9.97 Å². The largest absolute Gasteiger partial charge is 0.467 e. The number of hydrogen-bond acceptors (Lipinski definition) is 6. The van der Waals surface area contributed by atoms with Crippen molar-refractivity contribution in [2.45, 2.75) is 6.42 Å². The van der Waals surface area contributed by atoms with Crippen LogP contribution in [0.3, 0.4) is 0 Å². The maximum atomic E-state index is 12.7. The van der Waals surface area contributed by atoms with Crippen LogP contribution >= 0.6 is 46.4 Å². The Bertz CT molecular complexity index is 1140. The van der Waals surface area contributed by atoms with Gasteiger partial charge in [-0.2, -0.15) is 9.97 Å². The first-order valence-corrected chi connectivity index (χ1v) is 10.4. The number of halogens is 4. The van der Waals surface area contributed by atoms with E-state index < -0.39 is 0 Å². The Hall–Kier alpha value is -2.45. The summed E-state index contributed by atoms with van der Waals surface area (Å²) in [5, 5.41) is 1.85. The minimum Gasteiger partial charge on any atom is -0.467 e. The molecular weight excluding hydrogens is 484 g/mol. The summed E-state index contributed by atoms with van der Waals surface area (Å²) in [4.78, 5) is 22.4. The van der Waals surface area contributed by atoms with Gasteiger partial charge in [-0.3, -0.25) is 4.79 Å². The first kappa shape index (κ1) is 23.2. The number of amides is 1. The van der Waals surface area contributed by atoms with E-state index in [-0.39, 0.29) is 17.7 Å². The quantitative estimate of drug-likeness (QED) is 0.471. The minimum atomic E-state index is -0.264. The molecule has 0 unspecified atom stereocenters. The van der Waals surface area contributed by atoms with Crippen LogP contribution < -0.4 is 21.1 Å². The number of ether oxygens (including phenoxy) is 1. The van der Waals surface area contributed by atoms with E-state index in [0.29, 0.717) is 55.7 Å². The van der Waals surface area contributed by atoms with E-state index in [1.807, 2.05) is 0 Å². The topological polar surface area (TPSA) is 107 Å². The zero-order chi connectivity index (χ0) is 22.7. The Morgan fingerprint density at radius 2 is 1.58 bits per heavy atom. The molecule has 0 spiro atoms. The molecule has 1 aromatic heterocycles. The summed E-state index contributed by atoms with van der Waals surface area (Å²) in [5.41, 5.74) is 13.4. The van der Waals surface area contributed by atoms with Crippen molar-refractivity contribution in [3.05, 3.63) is 67.7 Å². The fourth-order valence-corrected chi connectivity index (χ4v) is 3.47. The molecule has 0 bridgehead atoms. The van der Waals surface area contributed by atoms with E-state index in [1.54, 1.807) is 41.3 Å². The van der Waals surface area contributed by atoms with Crippen molar-refractivity contribution >= 4 is 69.5 Å². The van der Waals surface area contributed by atoms with Crippen molar-refractivity contribution < 1.29 is 9.53 Å². The second-order valence-electron chi connectivity index (χ2n) is 6.40. The zero-order valence-electron chi connectivity index (χ0n) is 16.2. The summed E-state index contributed by atoms with van der Waals surface area (Å²) in [6, 6.07) is 10.2. The molecule has 2 heterocycles. The molecule has 4 rings (SSSR count). The average Bonchev–Trinajstić information content (AvgIpc) is 2.73. The second kappa shape index (κ2) is 9.78. The van der Waals surface area contributed by atoms with Gasteiger partial charge in [0.05, 0.1) is 32.9 Å². The third-order valence-electron chi connectivity index (χ3n) is 4.36. The first-order chi connectivity index (χ1) is 14.7. The molecule has 2 aromatic carbocycles. The van der Waals surface area contributed by atoms with Crippen LogP contribution in [0.25, 0.3) is 0 Å². The molecule has 11 heteroatoms. The van der Waals surface area contributed by atoms with Gasteiger partial charge in [0.15, 0.2) is 0 Å². The smallest absolute Gasteiger partial charge is 0.318 e. The highest BCUT2D eigenvalue weighted by Gasteiger charge is 2.30. The number of rotatable bonds is 2. The highest BCUT2D eigenvalue weighted by atomic mass is 35.5. The second-order valence-corrected chi connectivity index (χ2v) is 8.02. The predicted octanol–water partition coefficient (Wildman–Crippen LogP) is 5.15. The van der Waals surface area contributed by atoms with E-state index in [1.165, 1.54) is 7.11 Å². The SMILES string of the molecule is COc1nc(N)c2c(n1)CCN(c1ccc(Cl)c(Cl)c1)C2=O.Nc1ccc(Cl)c(Cl)c1. The molecule has 162 valence electrons. The number of nitrogen functional groups attached to an aromatic ring is 2. The van der Waals surface area contributed by atoms with Gasteiger partial charge in [0.1, 0.15) is 11.4 Å². The highest BCUT2D eigenvalue weighted by Crippen LogP contribution is 2.31. The molecule has 1 aliphatic rings. The molecule has 1 aliphatic heterocycles. The Balaban J connectivity index is 0.000000254. The number of methoxy groups -OCH3 is 1. The van der Waals surface area contributed by atoms with Crippen LogP contribution in [-0.4, -0.2) is 29.5 Å². The molecule has 0 radical (unpaired) electrons. The molecule has 0 saturated carbocycles. The van der Waals surface area contributed by atoms with Crippen LogP contribution in [0.4, 0.5) is 17.2 Å². The summed E-state index contributed by atoms with van der Waals surface area (Å²) >= 11 is 23.1. The highest BCUT2D eigenvalue weighted by molar-refractivity contribution is 6.42. The lowest BCUT2D eigenvalue weighted by atomic mass is 10.0. The van der Waals surface area contributed by atoms with Gasteiger partial charge < -0.3 is 21.1 Å². The van der Waals surface area contributed by atoms with E-state index >= 15 is 0 Å². The Morgan fingerprint density at radius 1 is 0.935 bits per heavy atom. The summed E-state index contributed by atoms with van der Waals surface area (Å²) < 4.78 is 4.98. The van der Waals surface area contributed by atoms with Crippen LogP contribution in [0, 0.1) is 0 Å². The van der Waals surface area contributed by atoms with Gasteiger partial charge in [-0.25, -0.2) is 0 Å². The number of nitrogens with two attached hydrogens (primary N) is 2. The number of benzene rings is 2. The molecule has 7 nitrogen and oxygen atoms in total. The van der Waals surface area contributed by atoms with Gasteiger partial charge in [0, 0.05) is 24.3 Å². The minimum absolute atomic E-state index is 0.108.